The van der Waals surface area contributed by atoms with Crippen LogP contribution >= 0.6 is 11.8 Å². The van der Waals surface area contributed by atoms with Crippen LogP contribution in [0.25, 0.3) is 0 Å². The van der Waals surface area contributed by atoms with Gasteiger partial charge in [0.15, 0.2) is 0 Å². The van der Waals surface area contributed by atoms with Gasteiger partial charge in [-0.3, -0.25) is 0 Å². The molecule has 0 bridgehead atoms. The second kappa shape index (κ2) is 6.75. The summed E-state index contributed by atoms with van der Waals surface area (Å²) in [5, 5.41) is 0. The molecule has 1 heteroatoms. The Morgan fingerprint density at radius 2 is 1.92 bits per heavy atom. The minimum atomic E-state index is 0.993. The predicted molar refractivity (Wildman–Crippen MR) is 63.4 cm³/mol. The summed E-state index contributed by atoms with van der Waals surface area (Å²) in [6.45, 7) is 4.76. The van der Waals surface area contributed by atoms with E-state index in [-0.39, 0.29) is 0 Å². The Bertz CT molecular complexity index is 116. The minimum Gasteiger partial charge on any atom is -0.162 e. The Kier molecular flexibility index (Phi) is 5.93. The van der Waals surface area contributed by atoms with Crippen LogP contribution in [0.3, 0.4) is 0 Å². The van der Waals surface area contributed by atoms with Crippen LogP contribution in [0.5, 0.6) is 0 Å². The zero-order valence-electron chi connectivity index (χ0n) is 9.22. The molecular formula is C12H24S. The molecule has 0 radical (unpaired) electrons. The maximum atomic E-state index is 2.47. The summed E-state index contributed by atoms with van der Waals surface area (Å²) in [6, 6.07) is 0. The van der Waals surface area contributed by atoms with Gasteiger partial charge in [0.1, 0.15) is 0 Å². The van der Waals surface area contributed by atoms with Gasteiger partial charge in [-0.25, -0.2) is 0 Å². The van der Waals surface area contributed by atoms with Crippen molar-refractivity contribution in [1.82, 2.24) is 0 Å². The van der Waals surface area contributed by atoms with E-state index in [9.17, 15) is 0 Å². The van der Waals surface area contributed by atoms with Crippen molar-refractivity contribution in [2.24, 2.45) is 11.8 Å². The first-order chi connectivity index (χ1) is 6.34. The molecule has 78 valence electrons. The Balaban J connectivity index is 2.09. The predicted octanol–water partition coefficient (Wildman–Crippen LogP) is 4.35. The lowest BCUT2D eigenvalue weighted by atomic mass is 9.85. The fourth-order valence-electron chi connectivity index (χ4n) is 2.24. The van der Waals surface area contributed by atoms with Crippen LogP contribution in [0.2, 0.25) is 0 Å². The van der Waals surface area contributed by atoms with Gasteiger partial charge in [-0.15, -0.1) is 0 Å². The lowest BCUT2D eigenvalue weighted by molar-refractivity contribution is 0.309. The van der Waals surface area contributed by atoms with Crippen molar-refractivity contribution >= 4 is 11.8 Å². The molecule has 0 amide bonds. The third kappa shape index (κ3) is 4.39. The molecule has 1 unspecified atom stereocenters. The van der Waals surface area contributed by atoms with Crippen LogP contribution in [0.15, 0.2) is 0 Å². The summed E-state index contributed by atoms with van der Waals surface area (Å²) >= 11 is 2.14. The highest BCUT2D eigenvalue weighted by Gasteiger charge is 2.19. The average molecular weight is 200 g/mol. The fraction of sp³-hybridized carbons (Fsp3) is 1.00. The van der Waals surface area contributed by atoms with Gasteiger partial charge in [-0.2, -0.15) is 11.8 Å². The zero-order valence-corrected chi connectivity index (χ0v) is 10.0. The molecule has 1 aliphatic rings. The van der Waals surface area contributed by atoms with E-state index < -0.39 is 0 Å². The van der Waals surface area contributed by atoms with Crippen LogP contribution in [0.1, 0.15) is 52.4 Å². The Morgan fingerprint density at radius 1 is 1.23 bits per heavy atom. The molecule has 1 atom stereocenters. The highest BCUT2D eigenvalue weighted by molar-refractivity contribution is 7.99. The number of thioether (sulfide) groups is 1. The topological polar surface area (TPSA) is 0 Å². The molecule has 1 rings (SSSR count). The second-order valence-electron chi connectivity index (χ2n) is 4.42. The van der Waals surface area contributed by atoms with Gasteiger partial charge >= 0.3 is 0 Å². The SMILES string of the molecule is CCCCCC(C)C1CCSCC1. The van der Waals surface area contributed by atoms with E-state index in [1.165, 1.54) is 50.0 Å². The van der Waals surface area contributed by atoms with Gasteiger partial charge in [0.25, 0.3) is 0 Å². The van der Waals surface area contributed by atoms with Crippen LogP contribution in [0.4, 0.5) is 0 Å². The smallest absolute Gasteiger partial charge is 0.00648 e. The lowest BCUT2D eigenvalue weighted by Gasteiger charge is -2.27. The first-order valence-electron chi connectivity index (χ1n) is 5.92. The van der Waals surface area contributed by atoms with Crippen molar-refractivity contribution in [3.63, 3.8) is 0 Å². The van der Waals surface area contributed by atoms with Crippen molar-refractivity contribution in [2.45, 2.75) is 52.4 Å². The molecule has 0 aromatic rings. The number of hydrogen-bond acceptors (Lipinski definition) is 1. The van der Waals surface area contributed by atoms with Gasteiger partial charge in [0, 0.05) is 0 Å². The molecule has 1 aliphatic heterocycles. The minimum absolute atomic E-state index is 0.993. The van der Waals surface area contributed by atoms with Crippen LogP contribution in [-0.4, -0.2) is 11.5 Å². The first kappa shape index (κ1) is 11.4. The molecule has 0 aromatic carbocycles. The van der Waals surface area contributed by atoms with E-state index in [2.05, 4.69) is 25.6 Å². The summed E-state index contributed by atoms with van der Waals surface area (Å²) < 4.78 is 0. The van der Waals surface area contributed by atoms with E-state index in [4.69, 9.17) is 0 Å². The van der Waals surface area contributed by atoms with Crippen LogP contribution < -0.4 is 0 Å². The normalized spacial score (nSPS) is 21.7. The quantitative estimate of drug-likeness (QED) is 0.595. The summed E-state index contributed by atoms with van der Waals surface area (Å²) in [5.74, 6) is 4.89. The van der Waals surface area contributed by atoms with Gasteiger partial charge in [-0.05, 0) is 36.2 Å². The van der Waals surface area contributed by atoms with E-state index in [0.717, 1.165) is 11.8 Å². The van der Waals surface area contributed by atoms with E-state index in [1.807, 2.05) is 0 Å². The Labute approximate surface area is 87.9 Å². The summed E-state index contributed by atoms with van der Waals surface area (Å²) in [7, 11) is 0. The monoisotopic (exact) mass is 200 g/mol. The number of rotatable bonds is 5. The van der Waals surface area contributed by atoms with Gasteiger partial charge in [0.05, 0.1) is 0 Å². The van der Waals surface area contributed by atoms with Crippen molar-refractivity contribution in [3.8, 4) is 0 Å². The molecule has 0 saturated carbocycles. The highest BCUT2D eigenvalue weighted by Crippen LogP contribution is 2.31. The van der Waals surface area contributed by atoms with Crippen molar-refractivity contribution in [3.05, 3.63) is 0 Å². The van der Waals surface area contributed by atoms with E-state index in [0.29, 0.717) is 0 Å². The fourth-order valence-corrected chi connectivity index (χ4v) is 3.38. The molecule has 13 heavy (non-hydrogen) atoms. The van der Waals surface area contributed by atoms with Crippen LogP contribution in [0, 0.1) is 11.8 Å². The largest absolute Gasteiger partial charge is 0.162 e. The molecule has 0 aromatic heterocycles. The van der Waals surface area contributed by atoms with E-state index >= 15 is 0 Å². The molecule has 0 aliphatic carbocycles. The molecule has 1 saturated heterocycles. The van der Waals surface area contributed by atoms with Crippen molar-refractivity contribution in [2.75, 3.05) is 11.5 Å². The second-order valence-corrected chi connectivity index (χ2v) is 5.65. The maximum absolute atomic E-state index is 2.47. The standard InChI is InChI=1S/C12H24S/c1-3-4-5-6-11(2)12-7-9-13-10-8-12/h11-12H,3-10H2,1-2H3. The lowest BCUT2D eigenvalue weighted by Crippen LogP contribution is -2.17. The molecule has 0 N–H and O–H groups in total. The molecule has 0 nitrogen and oxygen atoms in total. The van der Waals surface area contributed by atoms with E-state index in [1.54, 1.807) is 0 Å². The Hall–Kier alpha value is 0.350. The zero-order chi connectivity index (χ0) is 9.52. The number of hydrogen-bond donors (Lipinski definition) is 0. The van der Waals surface area contributed by atoms with Crippen LogP contribution in [-0.2, 0) is 0 Å². The Morgan fingerprint density at radius 3 is 2.54 bits per heavy atom. The summed E-state index contributed by atoms with van der Waals surface area (Å²) in [6.07, 6.45) is 8.71. The maximum Gasteiger partial charge on any atom is -0.00648 e. The van der Waals surface area contributed by atoms with Gasteiger partial charge in [-0.1, -0.05) is 39.5 Å². The third-order valence-electron chi connectivity index (χ3n) is 3.33. The first-order valence-corrected chi connectivity index (χ1v) is 7.07. The summed E-state index contributed by atoms with van der Waals surface area (Å²) in [4.78, 5) is 0. The average Bonchev–Trinajstić information content (AvgIpc) is 2.19. The third-order valence-corrected chi connectivity index (χ3v) is 4.38. The van der Waals surface area contributed by atoms with Gasteiger partial charge in [0.2, 0.25) is 0 Å². The molecule has 1 fully saturated rings. The molecule has 0 spiro atoms. The molecule has 1 heterocycles. The van der Waals surface area contributed by atoms with Crippen molar-refractivity contribution in [1.29, 1.82) is 0 Å². The van der Waals surface area contributed by atoms with Gasteiger partial charge < -0.3 is 0 Å². The molecular weight excluding hydrogens is 176 g/mol. The highest BCUT2D eigenvalue weighted by atomic mass is 32.2. The van der Waals surface area contributed by atoms with Crippen molar-refractivity contribution < 1.29 is 0 Å². The summed E-state index contributed by atoms with van der Waals surface area (Å²) in [5.41, 5.74) is 0. The number of unbranched alkanes of at least 4 members (excludes halogenated alkanes) is 2.